The normalized spacial score (nSPS) is 15.3. The zero-order chi connectivity index (χ0) is 10.3. The van der Waals surface area contributed by atoms with E-state index in [9.17, 15) is 0 Å². The molecule has 0 N–H and O–H groups in total. The standard InChI is InChI=1S/C11H11ClN2O/c12-10-8-4-1-2-6-14(8)11(13-10)9-5-3-7-15-9/h3,5,7H,1-2,4,6H2. The van der Waals surface area contributed by atoms with Crippen LogP contribution >= 0.6 is 11.6 Å². The summed E-state index contributed by atoms with van der Waals surface area (Å²) in [4.78, 5) is 4.37. The van der Waals surface area contributed by atoms with Gasteiger partial charge in [0, 0.05) is 6.54 Å². The molecule has 2 aromatic rings. The number of nitrogens with zero attached hydrogens (tertiary/aromatic N) is 2. The van der Waals surface area contributed by atoms with E-state index in [-0.39, 0.29) is 0 Å². The van der Waals surface area contributed by atoms with Crippen molar-refractivity contribution in [2.24, 2.45) is 0 Å². The van der Waals surface area contributed by atoms with Crippen LogP contribution in [0.25, 0.3) is 11.6 Å². The van der Waals surface area contributed by atoms with Gasteiger partial charge in [-0.05, 0) is 31.4 Å². The average Bonchev–Trinajstić information content (AvgIpc) is 2.87. The molecule has 3 heterocycles. The number of aromatic nitrogens is 2. The van der Waals surface area contributed by atoms with Gasteiger partial charge in [0.2, 0.25) is 0 Å². The monoisotopic (exact) mass is 222 g/mol. The van der Waals surface area contributed by atoms with Gasteiger partial charge in [0.1, 0.15) is 0 Å². The minimum Gasteiger partial charge on any atom is -0.461 e. The summed E-state index contributed by atoms with van der Waals surface area (Å²) in [5.74, 6) is 1.66. The lowest BCUT2D eigenvalue weighted by atomic mass is 10.1. The zero-order valence-electron chi connectivity index (χ0n) is 8.24. The molecule has 1 aliphatic rings. The smallest absolute Gasteiger partial charge is 0.177 e. The van der Waals surface area contributed by atoms with E-state index < -0.39 is 0 Å². The van der Waals surface area contributed by atoms with Crippen molar-refractivity contribution < 1.29 is 4.42 Å². The van der Waals surface area contributed by atoms with Crippen molar-refractivity contribution in [1.82, 2.24) is 9.55 Å². The first kappa shape index (κ1) is 9.04. The van der Waals surface area contributed by atoms with Crippen LogP contribution in [0.15, 0.2) is 22.8 Å². The van der Waals surface area contributed by atoms with Crippen LogP contribution in [0.4, 0.5) is 0 Å². The topological polar surface area (TPSA) is 31.0 Å². The lowest BCUT2D eigenvalue weighted by molar-refractivity contribution is 0.520. The summed E-state index contributed by atoms with van der Waals surface area (Å²) in [6.45, 7) is 0.991. The molecule has 0 aromatic carbocycles. The highest BCUT2D eigenvalue weighted by molar-refractivity contribution is 6.30. The molecule has 0 spiro atoms. The first-order chi connectivity index (χ1) is 7.36. The number of furan rings is 1. The van der Waals surface area contributed by atoms with Gasteiger partial charge < -0.3 is 8.98 Å². The van der Waals surface area contributed by atoms with Gasteiger partial charge in [-0.1, -0.05) is 11.6 Å². The van der Waals surface area contributed by atoms with Crippen molar-refractivity contribution in [3.05, 3.63) is 29.2 Å². The summed E-state index contributed by atoms with van der Waals surface area (Å²) in [6.07, 6.45) is 5.07. The Hall–Kier alpha value is -1.22. The lowest BCUT2D eigenvalue weighted by Gasteiger charge is -2.15. The molecule has 3 rings (SSSR count). The highest BCUT2D eigenvalue weighted by Crippen LogP contribution is 2.29. The molecule has 0 saturated heterocycles. The maximum atomic E-state index is 6.11. The van der Waals surface area contributed by atoms with Crippen LogP contribution in [-0.2, 0) is 13.0 Å². The summed E-state index contributed by atoms with van der Waals surface area (Å²) in [5.41, 5.74) is 1.15. The molecule has 0 unspecified atom stereocenters. The number of hydrogen-bond donors (Lipinski definition) is 0. The Balaban J connectivity index is 2.16. The van der Waals surface area contributed by atoms with Gasteiger partial charge in [0.15, 0.2) is 16.7 Å². The zero-order valence-corrected chi connectivity index (χ0v) is 9.00. The van der Waals surface area contributed by atoms with Crippen LogP contribution in [0, 0.1) is 0 Å². The van der Waals surface area contributed by atoms with E-state index in [2.05, 4.69) is 9.55 Å². The van der Waals surface area contributed by atoms with E-state index in [4.69, 9.17) is 16.0 Å². The van der Waals surface area contributed by atoms with Crippen molar-refractivity contribution in [2.75, 3.05) is 0 Å². The van der Waals surface area contributed by atoms with Crippen LogP contribution in [0.3, 0.4) is 0 Å². The predicted molar refractivity (Wildman–Crippen MR) is 57.9 cm³/mol. The minimum absolute atomic E-state index is 0.626. The van der Waals surface area contributed by atoms with Gasteiger partial charge in [0.05, 0.1) is 12.0 Å². The second-order valence-corrected chi connectivity index (χ2v) is 4.12. The summed E-state index contributed by atoms with van der Waals surface area (Å²) < 4.78 is 7.53. The maximum Gasteiger partial charge on any atom is 0.177 e. The highest BCUT2D eigenvalue weighted by Gasteiger charge is 2.20. The van der Waals surface area contributed by atoms with Crippen molar-refractivity contribution in [3.8, 4) is 11.6 Å². The molecule has 4 heteroatoms. The summed E-state index contributed by atoms with van der Waals surface area (Å²) in [7, 11) is 0. The molecule has 15 heavy (non-hydrogen) atoms. The summed E-state index contributed by atoms with van der Waals surface area (Å²) in [5, 5.41) is 0.626. The number of imidazole rings is 1. The van der Waals surface area contributed by atoms with Crippen LogP contribution in [0.1, 0.15) is 18.5 Å². The van der Waals surface area contributed by atoms with Crippen LogP contribution in [-0.4, -0.2) is 9.55 Å². The largest absolute Gasteiger partial charge is 0.461 e. The molecular weight excluding hydrogens is 212 g/mol. The minimum atomic E-state index is 0.626. The number of fused-ring (bicyclic) bond motifs is 1. The number of rotatable bonds is 1. The van der Waals surface area contributed by atoms with E-state index in [0.717, 1.165) is 30.2 Å². The first-order valence-corrected chi connectivity index (χ1v) is 5.53. The van der Waals surface area contributed by atoms with Crippen LogP contribution in [0.2, 0.25) is 5.15 Å². The fourth-order valence-electron chi connectivity index (χ4n) is 2.09. The molecular formula is C11H11ClN2O. The van der Waals surface area contributed by atoms with Crippen LogP contribution in [0.5, 0.6) is 0 Å². The third-order valence-electron chi connectivity index (χ3n) is 2.81. The fourth-order valence-corrected chi connectivity index (χ4v) is 2.37. The Morgan fingerprint density at radius 2 is 2.33 bits per heavy atom. The molecule has 0 radical (unpaired) electrons. The molecule has 2 aromatic heterocycles. The molecule has 0 aliphatic carbocycles. The van der Waals surface area contributed by atoms with Crippen molar-refractivity contribution >= 4 is 11.6 Å². The van der Waals surface area contributed by atoms with E-state index >= 15 is 0 Å². The number of hydrogen-bond acceptors (Lipinski definition) is 2. The average molecular weight is 223 g/mol. The second-order valence-electron chi connectivity index (χ2n) is 3.76. The summed E-state index contributed by atoms with van der Waals surface area (Å²) in [6, 6.07) is 3.79. The Kier molecular flexibility index (Phi) is 2.06. The molecule has 0 bridgehead atoms. The predicted octanol–water partition coefficient (Wildman–Crippen LogP) is 3.13. The first-order valence-electron chi connectivity index (χ1n) is 5.15. The van der Waals surface area contributed by atoms with Crippen molar-refractivity contribution in [2.45, 2.75) is 25.8 Å². The number of halogens is 1. The van der Waals surface area contributed by atoms with Gasteiger partial charge in [-0.3, -0.25) is 0 Å². The summed E-state index contributed by atoms with van der Waals surface area (Å²) >= 11 is 6.11. The Morgan fingerprint density at radius 1 is 1.40 bits per heavy atom. The van der Waals surface area contributed by atoms with E-state index in [0.29, 0.717) is 5.15 Å². The molecule has 78 valence electrons. The van der Waals surface area contributed by atoms with E-state index in [1.165, 1.54) is 12.8 Å². The van der Waals surface area contributed by atoms with Crippen molar-refractivity contribution in [1.29, 1.82) is 0 Å². The van der Waals surface area contributed by atoms with Gasteiger partial charge in [0.25, 0.3) is 0 Å². The van der Waals surface area contributed by atoms with E-state index in [1.807, 2.05) is 12.1 Å². The fraction of sp³-hybridized carbons (Fsp3) is 0.364. The molecule has 3 nitrogen and oxygen atoms in total. The third-order valence-corrected chi connectivity index (χ3v) is 3.11. The third kappa shape index (κ3) is 1.38. The Labute approximate surface area is 92.7 Å². The second kappa shape index (κ2) is 3.42. The Bertz CT molecular complexity index is 473. The Morgan fingerprint density at radius 3 is 3.13 bits per heavy atom. The molecule has 1 aliphatic heterocycles. The quantitative estimate of drug-likeness (QED) is 0.742. The van der Waals surface area contributed by atoms with E-state index in [1.54, 1.807) is 6.26 Å². The molecule has 0 saturated carbocycles. The van der Waals surface area contributed by atoms with Crippen LogP contribution < -0.4 is 0 Å². The van der Waals surface area contributed by atoms with Gasteiger partial charge >= 0.3 is 0 Å². The van der Waals surface area contributed by atoms with Gasteiger partial charge in [-0.2, -0.15) is 0 Å². The van der Waals surface area contributed by atoms with Gasteiger partial charge in [-0.15, -0.1) is 0 Å². The molecule has 0 amide bonds. The lowest BCUT2D eigenvalue weighted by Crippen LogP contribution is -2.10. The molecule has 0 atom stereocenters. The van der Waals surface area contributed by atoms with Gasteiger partial charge in [-0.25, -0.2) is 4.98 Å². The highest BCUT2D eigenvalue weighted by atomic mass is 35.5. The SMILES string of the molecule is Clc1nc(-c2ccco2)n2c1CCCC2. The maximum absolute atomic E-state index is 6.11. The molecule has 0 fully saturated rings. The van der Waals surface area contributed by atoms with Crippen molar-refractivity contribution in [3.63, 3.8) is 0 Å².